The normalized spacial score (nSPS) is 27.2. The third kappa shape index (κ3) is 6.08. The molecule has 0 aliphatic carbocycles. The third-order valence-corrected chi connectivity index (χ3v) is 12.1. The molecule has 5 rings (SSSR count). The molecule has 1 spiro atoms. The van der Waals surface area contributed by atoms with Crippen LogP contribution in [0.4, 0.5) is 0 Å². The summed E-state index contributed by atoms with van der Waals surface area (Å²) < 4.78 is -0.727. The van der Waals surface area contributed by atoms with Crippen LogP contribution >= 0.6 is 27.7 Å². The SMILES string of the molecule is C=CCN(Cc1ccccc1)C(=O)C1N(CCCCO)C(=O)[C@@H]2[C@H](C(=O)N(CC=C)Cc3ccccc3)[C@H]3SC12CC3Br. The Morgan fingerprint density at radius 2 is 1.51 bits per heavy atom. The Morgan fingerprint density at radius 3 is 2.05 bits per heavy atom. The molecular formula is C34H40BrN3O4S. The average Bonchev–Trinajstić information content (AvgIpc) is 3.60. The van der Waals surface area contributed by atoms with Crippen molar-refractivity contribution in [3.63, 3.8) is 0 Å². The molecule has 3 amide bonds. The van der Waals surface area contributed by atoms with Crippen LogP contribution in [0.1, 0.15) is 30.4 Å². The fourth-order valence-corrected chi connectivity index (χ4v) is 10.7. The topological polar surface area (TPSA) is 81.2 Å². The molecule has 2 aromatic carbocycles. The van der Waals surface area contributed by atoms with Gasteiger partial charge in [0.25, 0.3) is 0 Å². The molecule has 0 radical (unpaired) electrons. The predicted molar refractivity (Wildman–Crippen MR) is 174 cm³/mol. The number of carbonyl (C=O) groups is 3. The summed E-state index contributed by atoms with van der Waals surface area (Å²) in [5.74, 6) is -1.46. The molecule has 2 aromatic rings. The Hall–Kier alpha value is -2.88. The lowest BCUT2D eigenvalue weighted by molar-refractivity contribution is -0.145. The van der Waals surface area contributed by atoms with Gasteiger partial charge in [-0.3, -0.25) is 14.4 Å². The zero-order chi connectivity index (χ0) is 30.6. The van der Waals surface area contributed by atoms with Crippen molar-refractivity contribution in [1.29, 1.82) is 0 Å². The molecule has 7 nitrogen and oxygen atoms in total. The van der Waals surface area contributed by atoms with Crippen LogP contribution in [0.15, 0.2) is 86.0 Å². The molecule has 3 aliphatic heterocycles. The number of rotatable bonds is 14. The van der Waals surface area contributed by atoms with Crippen molar-refractivity contribution in [3.05, 3.63) is 97.1 Å². The van der Waals surface area contributed by atoms with Gasteiger partial charge in [-0.25, -0.2) is 0 Å². The molecule has 9 heteroatoms. The van der Waals surface area contributed by atoms with E-state index in [-0.39, 0.29) is 34.4 Å². The molecule has 0 aromatic heterocycles. The van der Waals surface area contributed by atoms with Gasteiger partial charge in [0.2, 0.25) is 17.7 Å². The second-order valence-corrected chi connectivity index (χ2v) is 14.3. The highest BCUT2D eigenvalue weighted by Crippen LogP contribution is 2.68. The molecule has 2 bridgehead atoms. The number of nitrogens with zero attached hydrogens (tertiary/aromatic N) is 3. The molecular weight excluding hydrogens is 626 g/mol. The quantitative estimate of drug-likeness (QED) is 0.181. The van der Waals surface area contributed by atoms with E-state index in [4.69, 9.17) is 0 Å². The number of alkyl halides is 1. The molecule has 3 unspecified atom stereocenters. The maximum Gasteiger partial charge on any atom is 0.247 e. The largest absolute Gasteiger partial charge is 0.396 e. The first-order valence-corrected chi connectivity index (χ1v) is 16.8. The monoisotopic (exact) mass is 665 g/mol. The van der Waals surface area contributed by atoms with E-state index in [1.165, 1.54) is 0 Å². The molecule has 0 saturated carbocycles. The van der Waals surface area contributed by atoms with E-state index in [0.29, 0.717) is 52.0 Å². The average molecular weight is 667 g/mol. The van der Waals surface area contributed by atoms with Gasteiger partial charge in [-0.15, -0.1) is 24.9 Å². The lowest BCUT2D eigenvalue weighted by Crippen LogP contribution is -2.55. The maximum atomic E-state index is 14.6. The Balaban J connectivity index is 1.51. The number of likely N-dealkylation sites (tertiary alicyclic amines) is 1. The van der Waals surface area contributed by atoms with Gasteiger partial charge < -0.3 is 19.8 Å². The smallest absolute Gasteiger partial charge is 0.247 e. The van der Waals surface area contributed by atoms with Gasteiger partial charge in [0.05, 0.1) is 16.6 Å². The molecule has 3 aliphatic rings. The number of thioether (sulfide) groups is 1. The summed E-state index contributed by atoms with van der Waals surface area (Å²) in [6.45, 7) is 9.72. The van der Waals surface area contributed by atoms with Crippen molar-refractivity contribution in [2.75, 3.05) is 26.2 Å². The third-order valence-electron chi connectivity index (χ3n) is 8.87. The number of unbranched alkanes of at least 4 members (excludes halogenated alkanes) is 1. The van der Waals surface area contributed by atoms with Crippen LogP contribution in [0.25, 0.3) is 0 Å². The van der Waals surface area contributed by atoms with E-state index in [1.54, 1.807) is 38.6 Å². The van der Waals surface area contributed by atoms with Crippen LogP contribution < -0.4 is 0 Å². The number of fused-ring (bicyclic) bond motifs is 1. The molecule has 3 heterocycles. The van der Waals surface area contributed by atoms with Gasteiger partial charge in [-0.2, -0.15) is 0 Å². The van der Waals surface area contributed by atoms with Crippen LogP contribution in [0.5, 0.6) is 0 Å². The Kier molecular flexibility index (Phi) is 10.1. The van der Waals surface area contributed by atoms with Gasteiger partial charge in [-0.1, -0.05) is 88.7 Å². The standard InChI is InChI=1S/C34H40BrN3O4S/c1-3-17-36(22-24-13-7-5-8-14-24)31(40)27-28-32(41)38(19-11-12-20-39)30(34(28)21-26(35)29(27)43-34)33(42)37(18-4-2)23-25-15-9-6-10-16-25/h3-10,13-16,26-30,39H,1-2,11-12,17-23H2/t26?,27-,28-,29-,30?,34?/m0/s1. The van der Waals surface area contributed by atoms with Crippen molar-refractivity contribution in [2.45, 2.75) is 53.2 Å². The minimum absolute atomic E-state index is 0.00697. The van der Waals surface area contributed by atoms with E-state index in [2.05, 4.69) is 29.1 Å². The second kappa shape index (κ2) is 13.8. The highest BCUT2D eigenvalue weighted by molar-refractivity contribution is 9.09. The molecule has 3 saturated heterocycles. The van der Waals surface area contributed by atoms with Crippen molar-refractivity contribution < 1.29 is 19.5 Å². The number of hydrogen-bond donors (Lipinski definition) is 1. The molecule has 43 heavy (non-hydrogen) atoms. The number of amides is 3. The highest BCUT2D eigenvalue weighted by Gasteiger charge is 2.76. The number of benzene rings is 2. The van der Waals surface area contributed by atoms with Crippen LogP contribution in [-0.4, -0.2) is 84.6 Å². The number of aliphatic hydroxyl groups excluding tert-OH is 1. The first kappa shape index (κ1) is 31.5. The fourth-order valence-electron chi connectivity index (χ4n) is 7.09. The van der Waals surface area contributed by atoms with Gasteiger partial charge >= 0.3 is 0 Å². The second-order valence-electron chi connectivity index (χ2n) is 11.6. The van der Waals surface area contributed by atoms with Crippen LogP contribution in [0, 0.1) is 11.8 Å². The Labute approximate surface area is 267 Å². The summed E-state index contributed by atoms with van der Waals surface area (Å²) in [5.41, 5.74) is 2.01. The van der Waals surface area contributed by atoms with E-state index < -0.39 is 22.6 Å². The van der Waals surface area contributed by atoms with Gasteiger partial charge in [-0.05, 0) is 30.4 Å². The zero-order valence-electron chi connectivity index (χ0n) is 24.4. The Bertz CT molecular complexity index is 1330. The molecule has 1 N–H and O–H groups in total. The highest BCUT2D eigenvalue weighted by atomic mass is 79.9. The van der Waals surface area contributed by atoms with Crippen molar-refractivity contribution in [3.8, 4) is 0 Å². The summed E-state index contributed by atoms with van der Waals surface area (Å²) in [6, 6.07) is 19.0. The van der Waals surface area contributed by atoms with Gasteiger partial charge in [0, 0.05) is 49.4 Å². The van der Waals surface area contributed by atoms with Crippen LogP contribution in [-0.2, 0) is 27.5 Å². The molecule has 228 valence electrons. The first-order chi connectivity index (χ1) is 20.9. The number of halogens is 1. The summed E-state index contributed by atoms with van der Waals surface area (Å²) in [7, 11) is 0. The van der Waals surface area contributed by atoms with Gasteiger partial charge in [0.1, 0.15) is 6.04 Å². The van der Waals surface area contributed by atoms with E-state index >= 15 is 0 Å². The van der Waals surface area contributed by atoms with Crippen molar-refractivity contribution in [1.82, 2.24) is 14.7 Å². The molecule has 6 atom stereocenters. The lowest BCUT2D eigenvalue weighted by Gasteiger charge is -2.38. The number of hydrogen-bond acceptors (Lipinski definition) is 5. The summed E-state index contributed by atoms with van der Waals surface area (Å²) in [6.07, 6.45) is 5.19. The van der Waals surface area contributed by atoms with Gasteiger partial charge in [0.15, 0.2) is 0 Å². The first-order valence-electron chi connectivity index (χ1n) is 15.0. The van der Waals surface area contributed by atoms with E-state index in [1.807, 2.05) is 60.7 Å². The van der Waals surface area contributed by atoms with E-state index in [0.717, 1.165) is 11.1 Å². The van der Waals surface area contributed by atoms with Crippen LogP contribution in [0.3, 0.4) is 0 Å². The molecule has 3 fully saturated rings. The van der Waals surface area contributed by atoms with E-state index in [9.17, 15) is 19.5 Å². The summed E-state index contributed by atoms with van der Waals surface area (Å²) in [5, 5.41) is 9.37. The fraction of sp³-hybridized carbons (Fsp3) is 0.441. The predicted octanol–water partition coefficient (Wildman–Crippen LogP) is 4.65. The summed E-state index contributed by atoms with van der Waals surface area (Å²) in [4.78, 5) is 48.8. The van der Waals surface area contributed by atoms with Crippen LogP contribution in [0.2, 0.25) is 0 Å². The maximum absolute atomic E-state index is 14.6. The minimum Gasteiger partial charge on any atom is -0.396 e. The zero-order valence-corrected chi connectivity index (χ0v) is 26.8. The van der Waals surface area contributed by atoms with Crippen molar-refractivity contribution in [2.24, 2.45) is 11.8 Å². The minimum atomic E-state index is -0.727. The lowest BCUT2D eigenvalue weighted by atomic mass is 9.70. The Morgan fingerprint density at radius 1 is 0.953 bits per heavy atom. The summed E-state index contributed by atoms with van der Waals surface area (Å²) >= 11 is 5.53. The number of carbonyl (C=O) groups excluding carboxylic acids is 3. The number of aliphatic hydroxyl groups is 1. The van der Waals surface area contributed by atoms with Crippen molar-refractivity contribution >= 4 is 45.4 Å².